The third-order valence-electron chi connectivity index (χ3n) is 2.13. The van der Waals surface area contributed by atoms with Gasteiger partial charge in [-0.3, -0.25) is 0 Å². The number of aliphatic hydroxyl groups is 2. The van der Waals surface area contributed by atoms with Gasteiger partial charge in [-0.25, -0.2) is 0 Å². The number of hydrogen-bond donors (Lipinski definition) is 2. The molecule has 1 unspecified atom stereocenters. The monoisotopic (exact) mass is 170 g/mol. The maximum atomic E-state index is 9.70. The lowest BCUT2D eigenvalue weighted by atomic mass is 9.87. The van der Waals surface area contributed by atoms with Gasteiger partial charge >= 0.3 is 0 Å². The minimum absolute atomic E-state index is 0.240. The highest BCUT2D eigenvalue weighted by Crippen LogP contribution is 2.24. The molecule has 0 saturated heterocycles. The minimum atomic E-state index is -1.15. The Hall–Kier alpha value is -0.600. The fourth-order valence-electron chi connectivity index (χ4n) is 0.963. The van der Waals surface area contributed by atoms with E-state index in [1.807, 2.05) is 6.92 Å². The van der Waals surface area contributed by atoms with Crippen molar-refractivity contribution in [2.24, 2.45) is 0 Å². The summed E-state index contributed by atoms with van der Waals surface area (Å²) in [6.07, 6.45) is 3.62. The molecule has 12 heavy (non-hydrogen) atoms. The summed E-state index contributed by atoms with van der Waals surface area (Å²) < 4.78 is 0. The molecule has 0 aromatic carbocycles. The van der Waals surface area contributed by atoms with Crippen LogP contribution in [-0.4, -0.2) is 21.4 Å². The molecule has 0 aliphatic carbocycles. The van der Waals surface area contributed by atoms with E-state index in [9.17, 15) is 10.2 Å². The van der Waals surface area contributed by atoms with Crippen molar-refractivity contribution in [1.29, 1.82) is 0 Å². The van der Waals surface area contributed by atoms with Crippen LogP contribution < -0.4 is 0 Å². The van der Waals surface area contributed by atoms with Crippen LogP contribution in [0.15, 0.2) is 25.3 Å². The average molecular weight is 170 g/mol. The van der Waals surface area contributed by atoms with Gasteiger partial charge in [0, 0.05) is 6.42 Å². The molecular formula is C10H18O2. The standard InChI is InChI=1S/C10H18O2/c1-5-9(4,11)8-10(12,6-2)7-3/h6-7,11-12H,2-3,5,8H2,1,4H3. The molecule has 0 fully saturated rings. The van der Waals surface area contributed by atoms with E-state index < -0.39 is 11.2 Å². The summed E-state index contributed by atoms with van der Waals surface area (Å²) in [6.45, 7) is 10.5. The second kappa shape index (κ2) is 3.87. The molecule has 70 valence electrons. The maximum absolute atomic E-state index is 9.70. The summed E-state index contributed by atoms with van der Waals surface area (Å²) >= 11 is 0. The molecule has 2 nitrogen and oxygen atoms in total. The average Bonchev–Trinajstić information content (AvgIpc) is 2.04. The van der Waals surface area contributed by atoms with Gasteiger partial charge in [0.25, 0.3) is 0 Å². The normalized spacial score (nSPS) is 16.7. The van der Waals surface area contributed by atoms with Crippen LogP contribution in [0.3, 0.4) is 0 Å². The first-order chi connectivity index (χ1) is 5.39. The van der Waals surface area contributed by atoms with Crippen LogP contribution in [-0.2, 0) is 0 Å². The smallest absolute Gasteiger partial charge is 0.103 e. The van der Waals surface area contributed by atoms with E-state index >= 15 is 0 Å². The number of rotatable bonds is 5. The van der Waals surface area contributed by atoms with E-state index in [0.29, 0.717) is 6.42 Å². The summed E-state index contributed by atoms with van der Waals surface area (Å²) in [5, 5.41) is 19.4. The van der Waals surface area contributed by atoms with Gasteiger partial charge in [0.15, 0.2) is 0 Å². The van der Waals surface area contributed by atoms with Crippen LogP contribution in [0.25, 0.3) is 0 Å². The van der Waals surface area contributed by atoms with Crippen molar-refractivity contribution in [3.05, 3.63) is 25.3 Å². The Balaban J connectivity index is 4.40. The highest BCUT2D eigenvalue weighted by molar-refractivity contribution is 5.10. The molecular weight excluding hydrogens is 152 g/mol. The highest BCUT2D eigenvalue weighted by atomic mass is 16.3. The van der Waals surface area contributed by atoms with Gasteiger partial charge in [0.1, 0.15) is 5.60 Å². The van der Waals surface area contributed by atoms with E-state index in [1.54, 1.807) is 6.92 Å². The molecule has 0 aliphatic rings. The molecule has 0 aromatic rings. The van der Waals surface area contributed by atoms with Crippen molar-refractivity contribution in [2.45, 2.75) is 37.9 Å². The van der Waals surface area contributed by atoms with Crippen molar-refractivity contribution in [1.82, 2.24) is 0 Å². The Morgan fingerprint density at radius 2 is 1.67 bits per heavy atom. The van der Waals surface area contributed by atoms with Crippen molar-refractivity contribution in [2.75, 3.05) is 0 Å². The molecule has 0 radical (unpaired) electrons. The first-order valence-corrected chi connectivity index (χ1v) is 4.11. The topological polar surface area (TPSA) is 40.5 Å². The second-order valence-corrected chi connectivity index (χ2v) is 3.43. The predicted molar refractivity (Wildman–Crippen MR) is 50.9 cm³/mol. The predicted octanol–water partition coefficient (Wildman–Crippen LogP) is 1.64. The van der Waals surface area contributed by atoms with Crippen LogP contribution >= 0.6 is 0 Å². The Bertz CT molecular complexity index is 163. The molecule has 0 heterocycles. The van der Waals surface area contributed by atoms with Gasteiger partial charge in [-0.1, -0.05) is 32.2 Å². The van der Waals surface area contributed by atoms with Crippen molar-refractivity contribution < 1.29 is 10.2 Å². The lowest BCUT2D eigenvalue weighted by Gasteiger charge is -2.30. The lowest BCUT2D eigenvalue weighted by Crippen LogP contribution is -2.36. The van der Waals surface area contributed by atoms with Gasteiger partial charge in [0.05, 0.1) is 5.60 Å². The van der Waals surface area contributed by atoms with E-state index in [-0.39, 0.29) is 6.42 Å². The van der Waals surface area contributed by atoms with Gasteiger partial charge in [-0.05, 0) is 13.3 Å². The first kappa shape index (κ1) is 11.4. The minimum Gasteiger partial charge on any atom is -0.390 e. The summed E-state index contributed by atoms with van der Waals surface area (Å²) in [4.78, 5) is 0. The Labute approximate surface area is 74.2 Å². The van der Waals surface area contributed by atoms with Crippen LogP contribution in [0.2, 0.25) is 0 Å². The molecule has 0 aliphatic heterocycles. The van der Waals surface area contributed by atoms with E-state index in [1.165, 1.54) is 12.2 Å². The van der Waals surface area contributed by atoms with E-state index in [4.69, 9.17) is 0 Å². The third kappa shape index (κ3) is 3.20. The van der Waals surface area contributed by atoms with E-state index in [2.05, 4.69) is 13.2 Å². The molecule has 0 spiro atoms. The van der Waals surface area contributed by atoms with Crippen molar-refractivity contribution in [3.63, 3.8) is 0 Å². The van der Waals surface area contributed by atoms with Crippen molar-refractivity contribution >= 4 is 0 Å². The lowest BCUT2D eigenvalue weighted by molar-refractivity contribution is -0.0112. The zero-order chi connectivity index (χ0) is 9.83. The SMILES string of the molecule is C=CC(O)(C=C)CC(C)(O)CC. The van der Waals surface area contributed by atoms with Crippen LogP contribution in [0.5, 0.6) is 0 Å². The Morgan fingerprint density at radius 1 is 1.25 bits per heavy atom. The fourth-order valence-corrected chi connectivity index (χ4v) is 0.963. The molecule has 0 aromatic heterocycles. The summed E-state index contributed by atoms with van der Waals surface area (Å²) in [7, 11) is 0. The fraction of sp³-hybridized carbons (Fsp3) is 0.600. The first-order valence-electron chi connectivity index (χ1n) is 4.11. The third-order valence-corrected chi connectivity index (χ3v) is 2.13. The van der Waals surface area contributed by atoms with E-state index in [0.717, 1.165) is 0 Å². The Morgan fingerprint density at radius 3 is 1.92 bits per heavy atom. The quantitative estimate of drug-likeness (QED) is 0.616. The van der Waals surface area contributed by atoms with Gasteiger partial charge in [-0.2, -0.15) is 0 Å². The zero-order valence-electron chi connectivity index (χ0n) is 7.88. The number of hydrogen-bond acceptors (Lipinski definition) is 2. The maximum Gasteiger partial charge on any atom is 0.103 e. The molecule has 0 saturated carbocycles. The summed E-state index contributed by atoms with van der Waals surface area (Å²) in [5.74, 6) is 0. The van der Waals surface area contributed by atoms with Gasteiger partial charge in [0.2, 0.25) is 0 Å². The van der Waals surface area contributed by atoms with Crippen LogP contribution in [0.1, 0.15) is 26.7 Å². The molecule has 0 bridgehead atoms. The summed E-state index contributed by atoms with van der Waals surface area (Å²) in [5.41, 5.74) is -2.02. The molecule has 1 atom stereocenters. The van der Waals surface area contributed by atoms with Crippen LogP contribution in [0.4, 0.5) is 0 Å². The molecule has 2 N–H and O–H groups in total. The second-order valence-electron chi connectivity index (χ2n) is 3.43. The highest BCUT2D eigenvalue weighted by Gasteiger charge is 2.29. The molecule has 0 amide bonds. The van der Waals surface area contributed by atoms with Crippen LogP contribution in [0, 0.1) is 0 Å². The Kier molecular flexibility index (Phi) is 3.68. The zero-order valence-corrected chi connectivity index (χ0v) is 7.88. The molecule has 2 heteroatoms. The molecule has 0 rings (SSSR count). The summed E-state index contributed by atoms with van der Waals surface area (Å²) in [6, 6.07) is 0. The van der Waals surface area contributed by atoms with Crippen molar-refractivity contribution in [3.8, 4) is 0 Å². The van der Waals surface area contributed by atoms with Gasteiger partial charge in [-0.15, -0.1) is 0 Å². The largest absolute Gasteiger partial charge is 0.390 e. The van der Waals surface area contributed by atoms with Gasteiger partial charge < -0.3 is 10.2 Å².